The Morgan fingerprint density at radius 1 is 1.03 bits per heavy atom. The van der Waals surface area contributed by atoms with Crippen LogP contribution in [0.2, 0.25) is 0 Å². The Bertz CT molecular complexity index is 765. The molecule has 1 saturated heterocycles. The maximum absolute atomic E-state index is 12.5. The summed E-state index contributed by atoms with van der Waals surface area (Å²) in [6.45, 7) is 12.1. The fourth-order valence-corrected chi connectivity index (χ4v) is 3.52. The molecule has 29 heavy (non-hydrogen) atoms. The Balaban J connectivity index is 1.38. The fraction of sp³-hybridized carbons (Fsp3) is 0.545. The van der Waals surface area contributed by atoms with Gasteiger partial charge in [0.2, 0.25) is 0 Å². The molecular formula is C22H32N4O3. The lowest BCUT2D eigenvalue weighted by Gasteiger charge is -2.34. The molecule has 0 radical (unpaired) electrons. The van der Waals surface area contributed by atoms with Gasteiger partial charge in [0.05, 0.1) is 6.61 Å². The molecule has 1 aromatic heterocycles. The van der Waals surface area contributed by atoms with Crippen LogP contribution in [0.3, 0.4) is 0 Å². The second-order valence-corrected chi connectivity index (χ2v) is 7.55. The van der Waals surface area contributed by atoms with E-state index >= 15 is 0 Å². The zero-order valence-corrected chi connectivity index (χ0v) is 17.7. The molecule has 3 rings (SSSR count). The molecule has 1 aromatic carbocycles. The first kappa shape index (κ1) is 21.2. The van der Waals surface area contributed by atoms with E-state index in [1.807, 2.05) is 48.5 Å². The van der Waals surface area contributed by atoms with Crippen molar-refractivity contribution in [1.82, 2.24) is 19.4 Å². The van der Waals surface area contributed by atoms with Gasteiger partial charge < -0.3 is 18.9 Å². The van der Waals surface area contributed by atoms with Gasteiger partial charge in [0.15, 0.2) is 6.61 Å². The lowest BCUT2D eigenvalue weighted by molar-refractivity contribution is -0.135. The molecule has 0 atom stereocenters. The van der Waals surface area contributed by atoms with E-state index < -0.39 is 0 Å². The van der Waals surface area contributed by atoms with E-state index in [1.54, 1.807) is 0 Å². The van der Waals surface area contributed by atoms with E-state index in [4.69, 9.17) is 9.47 Å². The average Bonchev–Trinajstić information content (AvgIpc) is 3.21. The zero-order chi connectivity index (χ0) is 20.6. The number of rotatable bonds is 9. The van der Waals surface area contributed by atoms with Crippen molar-refractivity contribution in [3.63, 3.8) is 0 Å². The standard InChI is InChI=1S/C22H32N4O3/c1-4-28-19-5-7-20(8-6-19)29-17-21(27)25-14-11-24(12-15-25)13-16-26-10-9-23-22(26)18(2)3/h5-10,18H,4,11-17H2,1-3H3. The molecule has 1 amide bonds. The van der Waals surface area contributed by atoms with Gasteiger partial charge in [-0.1, -0.05) is 13.8 Å². The van der Waals surface area contributed by atoms with Crippen molar-refractivity contribution in [1.29, 1.82) is 0 Å². The molecule has 2 heterocycles. The van der Waals surface area contributed by atoms with Gasteiger partial charge in [-0.2, -0.15) is 0 Å². The van der Waals surface area contributed by atoms with Crippen molar-refractivity contribution in [3.8, 4) is 11.5 Å². The van der Waals surface area contributed by atoms with Crippen LogP contribution >= 0.6 is 0 Å². The van der Waals surface area contributed by atoms with Crippen LogP contribution in [-0.2, 0) is 11.3 Å². The smallest absolute Gasteiger partial charge is 0.260 e. The van der Waals surface area contributed by atoms with Gasteiger partial charge in [-0.05, 0) is 31.2 Å². The number of amides is 1. The predicted octanol–water partition coefficient (Wildman–Crippen LogP) is 2.63. The van der Waals surface area contributed by atoms with Crippen LogP contribution in [0.25, 0.3) is 0 Å². The van der Waals surface area contributed by atoms with Crippen LogP contribution < -0.4 is 9.47 Å². The first-order valence-corrected chi connectivity index (χ1v) is 10.4. The second kappa shape index (κ2) is 10.3. The minimum Gasteiger partial charge on any atom is -0.494 e. The lowest BCUT2D eigenvalue weighted by atomic mass is 10.2. The van der Waals surface area contributed by atoms with E-state index in [-0.39, 0.29) is 12.5 Å². The van der Waals surface area contributed by atoms with Crippen molar-refractivity contribution in [2.24, 2.45) is 0 Å². The number of carbonyl (C=O) groups excluding carboxylic acids is 1. The van der Waals surface area contributed by atoms with Crippen LogP contribution in [0, 0.1) is 0 Å². The van der Waals surface area contributed by atoms with E-state index in [0.29, 0.717) is 18.3 Å². The van der Waals surface area contributed by atoms with Crippen LogP contribution in [0.4, 0.5) is 0 Å². The van der Waals surface area contributed by atoms with Gasteiger partial charge in [-0.15, -0.1) is 0 Å². The number of nitrogens with zero attached hydrogens (tertiary/aromatic N) is 4. The molecule has 2 aromatic rings. The molecule has 0 bridgehead atoms. The maximum atomic E-state index is 12.5. The van der Waals surface area contributed by atoms with Crippen molar-refractivity contribution in [2.45, 2.75) is 33.2 Å². The second-order valence-electron chi connectivity index (χ2n) is 7.55. The number of carbonyl (C=O) groups is 1. The summed E-state index contributed by atoms with van der Waals surface area (Å²) in [6, 6.07) is 7.37. The molecule has 0 spiro atoms. The lowest BCUT2D eigenvalue weighted by Crippen LogP contribution is -2.50. The summed E-state index contributed by atoms with van der Waals surface area (Å²) >= 11 is 0. The van der Waals surface area contributed by atoms with Crippen molar-refractivity contribution >= 4 is 5.91 Å². The quantitative estimate of drug-likeness (QED) is 0.648. The highest BCUT2D eigenvalue weighted by molar-refractivity contribution is 5.77. The fourth-order valence-electron chi connectivity index (χ4n) is 3.52. The summed E-state index contributed by atoms with van der Waals surface area (Å²) in [5.41, 5.74) is 0. The monoisotopic (exact) mass is 400 g/mol. The average molecular weight is 401 g/mol. The molecular weight excluding hydrogens is 368 g/mol. The molecule has 0 unspecified atom stereocenters. The third-order valence-electron chi connectivity index (χ3n) is 5.14. The van der Waals surface area contributed by atoms with Gasteiger partial charge in [0, 0.05) is 57.6 Å². The number of benzene rings is 1. The molecule has 158 valence electrons. The third-order valence-corrected chi connectivity index (χ3v) is 5.14. The largest absolute Gasteiger partial charge is 0.494 e. The Hall–Kier alpha value is -2.54. The zero-order valence-electron chi connectivity index (χ0n) is 17.7. The summed E-state index contributed by atoms with van der Waals surface area (Å²) in [5, 5.41) is 0. The molecule has 0 saturated carbocycles. The maximum Gasteiger partial charge on any atom is 0.260 e. The minimum absolute atomic E-state index is 0.0373. The van der Waals surface area contributed by atoms with Crippen LogP contribution in [0.1, 0.15) is 32.5 Å². The Kier molecular flexibility index (Phi) is 7.52. The van der Waals surface area contributed by atoms with Gasteiger partial charge >= 0.3 is 0 Å². The Morgan fingerprint density at radius 2 is 1.69 bits per heavy atom. The summed E-state index contributed by atoms with van der Waals surface area (Å²) < 4.78 is 13.3. The minimum atomic E-state index is 0.0373. The predicted molar refractivity (Wildman–Crippen MR) is 112 cm³/mol. The molecule has 0 aliphatic carbocycles. The Morgan fingerprint density at radius 3 is 2.31 bits per heavy atom. The van der Waals surface area contributed by atoms with Crippen molar-refractivity contribution in [2.75, 3.05) is 45.9 Å². The summed E-state index contributed by atoms with van der Waals surface area (Å²) in [6.07, 6.45) is 3.92. The first-order chi connectivity index (χ1) is 14.1. The Labute approximate surface area is 173 Å². The summed E-state index contributed by atoms with van der Waals surface area (Å²) in [5.74, 6) is 3.08. The van der Waals surface area contributed by atoms with Crippen LogP contribution in [-0.4, -0.2) is 71.2 Å². The van der Waals surface area contributed by atoms with Crippen LogP contribution in [0.5, 0.6) is 11.5 Å². The van der Waals surface area contributed by atoms with Crippen molar-refractivity contribution < 1.29 is 14.3 Å². The van der Waals surface area contributed by atoms with Gasteiger partial charge in [-0.3, -0.25) is 9.69 Å². The SMILES string of the molecule is CCOc1ccc(OCC(=O)N2CCN(CCn3ccnc3C(C)C)CC2)cc1. The molecule has 7 heteroatoms. The van der Waals surface area contributed by atoms with E-state index in [0.717, 1.165) is 50.8 Å². The van der Waals surface area contributed by atoms with E-state index in [1.165, 1.54) is 0 Å². The summed E-state index contributed by atoms with van der Waals surface area (Å²) in [4.78, 5) is 21.2. The topological polar surface area (TPSA) is 59.8 Å². The van der Waals surface area contributed by atoms with E-state index in [9.17, 15) is 4.79 Å². The number of piperazine rings is 1. The number of hydrogen-bond donors (Lipinski definition) is 0. The molecule has 1 fully saturated rings. The number of hydrogen-bond acceptors (Lipinski definition) is 5. The molecule has 7 nitrogen and oxygen atoms in total. The first-order valence-electron chi connectivity index (χ1n) is 10.4. The van der Waals surface area contributed by atoms with Crippen LogP contribution in [0.15, 0.2) is 36.7 Å². The van der Waals surface area contributed by atoms with Gasteiger partial charge in [0.1, 0.15) is 17.3 Å². The highest BCUT2D eigenvalue weighted by Gasteiger charge is 2.21. The molecule has 0 N–H and O–H groups in total. The van der Waals surface area contributed by atoms with Crippen molar-refractivity contribution in [3.05, 3.63) is 42.5 Å². The molecule has 1 aliphatic heterocycles. The third kappa shape index (κ3) is 5.97. The number of imidazole rings is 1. The normalized spacial score (nSPS) is 15.0. The van der Waals surface area contributed by atoms with Gasteiger partial charge in [-0.25, -0.2) is 4.98 Å². The highest BCUT2D eigenvalue weighted by atomic mass is 16.5. The number of aromatic nitrogens is 2. The molecule has 1 aliphatic rings. The van der Waals surface area contributed by atoms with E-state index in [2.05, 4.69) is 28.3 Å². The number of ether oxygens (including phenoxy) is 2. The summed E-state index contributed by atoms with van der Waals surface area (Å²) in [7, 11) is 0. The van der Waals surface area contributed by atoms with Gasteiger partial charge in [0.25, 0.3) is 5.91 Å². The highest BCUT2D eigenvalue weighted by Crippen LogP contribution is 2.17.